The van der Waals surface area contributed by atoms with Crippen LogP contribution in [0.3, 0.4) is 0 Å². The van der Waals surface area contributed by atoms with Crippen molar-refractivity contribution in [1.29, 1.82) is 5.41 Å². The molecule has 1 heterocycles. The van der Waals surface area contributed by atoms with Gasteiger partial charge in [-0.1, -0.05) is 23.7 Å². The van der Waals surface area contributed by atoms with E-state index in [0.717, 1.165) is 22.2 Å². The maximum atomic E-state index is 11.9. The summed E-state index contributed by atoms with van der Waals surface area (Å²) >= 11 is 6.74. The highest BCUT2D eigenvalue weighted by Crippen LogP contribution is 2.31. The number of hydrogen-bond donors (Lipinski definition) is 1. The molecule has 0 atom stereocenters. The van der Waals surface area contributed by atoms with Crippen molar-refractivity contribution >= 4 is 46.4 Å². The third kappa shape index (κ3) is 2.47. The van der Waals surface area contributed by atoms with Crippen LogP contribution in [0, 0.1) is 5.41 Å². The van der Waals surface area contributed by atoms with Gasteiger partial charge in [-0.05, 0) is 35.5 Å². The molecule has 1 saturated heterocycles. The number of amides is 2. The SMILES string of the molecule is CC(=O)N1C(=N)S/C(=C\c2ccc(Cl)cc2)C1=O. The fourth-order valence-electron chi connectivity index (χ4n) is 1.48. The summed E-state index contributed by atoms with van der Waals surface area (Å²) in [6.07, 6.45) is 1.64. The van der Waals surface area contributed by atoms with E-state index in [1.54, 1.807) is 30.3 Å². The van der Waals surface area contributed by atoms with Crippen LogP contribution in [0.25, 0.3) is 6.08 Å². The molecule has 0 saturated carbocycles. The monoisotopic (exact) mass is 280 g/mol. The topological polar surface area (TPSA) is 61.2 Å². The van der Waals surface area contributed by atoms with Crippen LogP contribution < -0.4 is 0 Å². The van der Waals surface area contributed by atoms with Crippen LogP contribution in [0.15, 0.2) is 29.2 Å². The Morgan fingerprint density at radius 1 is 1.39 bits per heavy atom. The number of nitrogens with zero attached hydrogens (tertiary/aromatic N) is 1. The first-order valence-electron chi connectivity index (χ1n) is 5.08. The Morgan fingerprint density at radius 3 is 2.50 bits per heavy atom. The molecule has 0 bridgehead atoms. The molecule has 4 nitrogen and oxygen atoms in total. The molecule has 1 fully saturated rings. The number of rotatable bonds is 1. The molecule has 0 aliphatic carbocycles. The number of imide groups is 1. The summed E-state index contributed by atoms with van der Waals surface area (Å²) in [4.78, 5) is 24.3. The molecule has 1 aromatic carbocycles. The van der Waals surface area contributed by atoms with Crippen LogP contribution in [-0.2, 0) is 9.59 Å². The van der Waals surface area contributed by atoms with Gasteiger partial charge in [-0.3, -0.25) is 15.0 Å². The Labute approximate surface area is 113 Å². The predicted molar refractivity (Wildman–Crippen MR) is 72.3 cm³/mol. The van der Waals surface area contributed by atoms with Crippen molar-refractivity contribution in [3.63, 3.8) is 0 Å². The second-order valence-electron chi connectivity index (χ2n) is 3.63. The number of nitrogens with one attached hydrogen (secondary N) is 1. The van der Waals surface area contributed by atoms with Crippen LogP contribution in [0.5, 0.6) is 0 Å². The normalized spacial score (nSPS) is 17.7. The van der Waals surface area contributed by atoms with Gasteiger partial charge in [-0.2, -0.15) is 0 Å². The van der Waals surface area contributed by atoms with Gasteiger partial charge in [0.25, 0.3) is 5.91 Å². The summed E-state index contributed by atoms with van der Waals surface area (Å²) in [5.74, 6) is -0.899. The van der Waals surface area contributed by atoms with Gasteiger partial charge in [-0.25, -0.2) is 4.90 Å². The number of amidine groups is 1. The van der Waals surface area contributed by atoms with Crippen LogP contribution in [0.2, 0.25) is 5.02 Å². The molecule has 0 unspecified atom stereocenters. The lowest BCUT2D eigenvalue weighted by atomic mass is 10.2. The van der Waals surface area contributed by atoms with Gasteiger partial charge in [0.15, 0.2) is 5.17 Å². The molecule has 2 rings (SSSR count). The summed E-state index contributed by atoms with van der Waals surface area (Å²) in [6.45, 7) is 1.26. The van der Waals surface area contributed by atoms with Gasteiger partial charge in [-0.15, -0.1) is 0 Å². The molecule has 0 aromatic heterocycles. The smallest absolute Gasteiger partial charge is 0.273 e. The molecule has 1 N–H and O–H groups in total. The van der Waals surface area contributed by atoms with E-state index in [0.29, 0.717) is 9.93 Å². The number of benzene rings is 1. The van der Waals surface area contributed by atoms with Crippen molar-refractivity contribution in [2.45, 2.75) is 6.92 Å². The first kappa shape index (κ1) is 12.9. The van der Waals surface area contributed by atoms with E-state index in [1.165, 1.54) is 6.92 Å². The molecule has 2 amide bonds. The number of carbonyl (C=O) groups is 2. The zero-order chi connectivity index (χ0) is 13.3. The van der Waals surface area contributed by atoms with Crippen LogP contribution >= 0.6 is 23.4 Å². The van der Waals surface area contributed by atoms with Crippen molar-refractivity contribution in [3.8, 4) is 0 Å². The zero-order valence-electron chi connectivity index (χ0n) is 9.44. The Bertz CT molecular complexity index is 566. The summed E-state index contributed by atoms with van der Waals surface area (Å²) in [7, 11) is 0. The molecule has 6 heteroatoms. The van der Waals surface area contributed by atoms with Gasteiger partial charge in [0.2, 0.25) is 5.91 Å². The van der Waals surface area contributed by atoms with Gasteiger partial charge in [0, 0.05) is 11.9 Å². The van der Waals surface area contributed by atoms with Gasteiger partial charge in [0.05, 0.1) is 4.91 Å². The zero-order valence-corrected chi connectivity index (χ0v) is 11.0. The molecule has 18 heavy (non-hydrogen) atoms. The predicted octanol–water partition coefficient (Wildman–Crippen LogP) is 2.74. The lowest BCUT2D eigenvalue weighted by Gasteiger charge is -2.07. The minimum atomic E-state index is -0.451. The first-order chi connectivity index (χ1) is 8.49. The van der Waals surface area contributed by atoms with E-state index < -0.39 is 11.8 Å². The molecule has 1 aliphatic heterocycles. The fraction of sp³-hybridized carbons (Fsp3) is 0.0833. The summed E-state index contributed by atoms with van der Waals surface area (Å²) < 4.78 is 0. The molecule has 92 valence electrons. The second-order valence-corrected chi connectivity index (χ2v) is 5.09. The van der Waals surface area contributed by atoms with Crippen molar-refractivity contribution in [2.24, 2.45) is 0 Å². The fourth-order valence-corrected chi connectivity index (χ4v) is 2.49. The first-order valence-corrected chi connectivity index (χ1v) is 6.27. The maximum Gasteiger partial charge on any atom is 0.273 e. The molecular formula is C12H9ClN2O2S. The van der Waals surface area contributed by atoms with E-state index in [9.17, 15) is 9.59 Å². The Morgan fingerprint density at radius 2 is 2.00 bits per heavy atom. The van der Waals surface area contributed by atoms with Gasteiger partial charge in [0.1, 0.15) is 0 Å². The number of hydrogen-bond acceptors (Lipinski definition) is 4. The largest absolute Gasteiger partial charge is 0.278 e. The third-order valence-electron chi connectivity index (χ3n) is 2.31. The second kappa shape index (κ2) is 4.96. The summed E-state index contributed by atoms with van der Waals surface area (Å²) in [5, 5.41) is 8.13. The van der Waals surface area contributed by atoms with Crippen LogP contribution in [-0.4, -0.2) is 21.9 Å². The van der Waals surface area contributed by atoms with Crippen molar-refractivity contribution in [3.05, 3.63) is 39.8 Å². The van der Waals surface area contributed by atoms with E-state index in [1.807, 2.05) is 0 Å². The average molecular weight is 281 g/mol. The Balaban J connectivity index is 2.30. The van der Waals surface area contributed by atoms with Crippen LogP contribution in [0.1, 0.15) is 12.5 Å². The molecular weight excluding hydrogens is 272 g/mol. The lowest BCUT2D eigenvalue weighted by molar-refractivity contribution is -0.135. The maximum absolute atomic E-state index is 11.9. The molecule has 0 radical (unpaired) electrons. The summed E-state index contributed by atoms with van der Waals surface area (Å²) in [5.41, 5.74) is 0.799. The highest BCUT2D eigenvalue weighted by atomic mass is 35.5. The van der Waals surface area contributed by atoms with Crippen molar-refractivity contribution < 1.29 is 9.59 Å². The summed E-state index contributed by atoms with van der Waals surface area (Å²) in [6, 6.07) is 6.96. The van der Waals surface area contributed by atoms with Gasteiger partial charge >= 0.3 is 0 Å². The van der Waals surface area contributed by atoms with E-state index in [4.69, 9.17) is 17.0 Å². The van der Waals surface area contributed by atoms with Crippen molar-refractivity contribution in [1.82, 2.24) is 4.90 Å². The number of halogens is 1. The minimum absolute atomic E-state index is 0.0623. The minimum Gasteiger partial charge on any atom is -0.278 e. The highest BCUT2D eigenvalue weighted by molar-refractivity contribution is 8.18. The van der Waals surface area contributed by atoms with E-state index in [-0.39, 0.29) is 5.17 Å². The quantitative estimate of drug-likeness (QED) is 0.805. The van der Waals surface area contributed by atoms with Crippen LogP contribution in [0.4, 0.5) is 0 Å². The average Bonchev–Trinajstić information content (AvgIpc) is 2.57. The van der Waals surface area contributed by atoms with Gasteiger partial charge < -0.3 is 0 Å². The molecule has 0 spiro atoms. The van der Waals surface area contributed by atoms with E-state index >= 15 is 0 Å². The highest BCUT2D eigenvalue weighted by Gasteiger charge is 2.34. The number of thioether (sulfide) groups is 1. The Kier molecular flexibility index (Phi) is 3.54. The third-order valence-corrected chi connectivity index (χ3v) is 3.45. The molecule has 1 aromatic rings. The van der Waals surface area contributed by atoms with Crippen molar-refractivity contribution in [2.75, 3.05) is 0 Å². The number of carbonyl (C=O) groups excluding carboxylic acids is 2. The van der Waals surface area contributed by atoms with E-state index in [2.05, 4.69) is 0 Å². The molecule has 1 aliphatic rings. The standard InChI is InChI=1S/C12H9ClN2O2S/c1-7(16)15-11(17)10(18-12(15)14)6-8-2-4-9(13)5-3-8/h2-6,14H,1H3/b10-6-,14-12?. The Hall–Kier alpha value is -1.59. The lowest BCUT2D eigenvalue weighted by Crippen LogP contribution is -2.32.